The Morgan fingerprint density at radius 2 is 2.09 bits per heavy atom. The normalized spacial score (nSPS) is 20.3. The van der Waals surface area contributed by atoms with Crippen LogP contribution in [0.15, 0.2) is 24.5 Å². The summed E-state index contributed by atoms with van der Waals surface area (Å²) in [5.74, 6) is 0.543. The lowest BCUT2D eigenvalue weighted by Crippen LogP contribution is -2.46. The van der Waals surface area contributed by atoms with Crippen LogP contribution in [-0.2, 0) is 11.3 Å². The molecule has 0 bridgehead atoms. The van der Waals surface area contributed by atoms with Crippen LogP contribution in [0.2, 0.25) is 0 Å². The van der Waals surface area contributed by atoms with Gasteiger partial charge in [-0.25, -0.2) is 19.3 Å². The number of piperidine rings is 1. The highest BCUT2D eigenvalue weighted by atomic mass is 19.4. The van der Waals surface area contributed by atoms with Gasteiger partial charge in [0, 0.05) is 25.9 Å². The quantitative estimate of drug-likeness (QED) is 0.464. The van der Waals surface area contributed by atoms with Crippen LogP contribution in [-0.4, -0.2) is 68.3 Å². The number of aliphatic hydroxyl groups is 1. The van der Waals surface area contributed by atoms with Crippen LogP contribution in [0.1, 0.15) is 18.4 Å². The van der Waals surface area contributed by atoms with E-state index in [4.69, 9.17) is 10.5 Å². The molecular weight excluding hydrogens is 448 g/mol. The highest BCUT2D eigenvalue weighted by molar-refractivity contribution is 5.79. The standard InChI is InChI=1S/C19H22F4N8O2/c1-33-13-3-5-30(8-10(13)20)18-25-4-2-14(29-18)28-15-6-12-11(7-26-15)27-16(9-32)31(12)17(24)19(21,22)23/h2,4,6-7,10,13,17,32H,3,5,8-9,24H2,1H3,(H,25,26,28,29). The van der Waals surface area contributed by atoms with Gasteiger partial charge >= 0.3 is 6.18 Å². The number of rotatable bonds is 6. The van der Waals surface area contributed by atoms with Crippen molar-refractivity contribution in [2.75, 3.05) is 30.4 Å². The second kappa shape index (κ2) is 9.03. The minimum atomic E-state index is -4.75. The first-order valence-corrected chi connectivity index (χ1v) is 10.0. The number of fused-ring (bicyclic) bond motifs is 1. The fourth-order valence-corrected chi connectivity index (χ4v) is 3.72. The van der Waals surface area contributed by atoms with E-state index in [9.17, 15) is 22.7 Å². The van der Waals surface area contributed by atoms with Gasteiger partial charge in [0.1, 0.15) is 35.8 Å². The van der Waals surface area contributed by atoms with Crippen molar-refractivity contribution in [2.24, 2.45) is 5.73 Å². The predicted octanol–water partition coefficient (Wildman–Crippen LogP) is 2.04. The van der Waals surface area contributed by atoms with E-state index in [2.05, 4.69) is 25.3 Å². The molecule has 1 saturated heterocycles. The molecule has 0 radical (unpaired) electrons. The number of aromatic nitrogens is 5. The third-order valence-electron chi connectivity index (χ3n) is 5.37. The van der Waals surface area contributed by atoms with Crippen LogP contribution in [0.3, 0.4) is 0 Å². The Morgan fingerprint density at radius 1 is 1.30 bits per heavy atom. The highest BCUT2D eigenvalue weighted by Gasteiger charge is 2.40. The molecule has 1 fully saturated rings. The summed E-state index contributed by atoms with van der Waals surface area (Å²) in [6, 6.07) is 2.87. The van der Waals surface area contributed by atoms with E-state index in [0.717, 1.165) is 4.57 Å². The third kappa shape index (κ3) is 4.67. The van der Waals surface area contributed by atoms with Gasteiger partial charge in [-0.15, -0.1) is 0 Å². The second-order valence-corrected chi connectivity index (χ2v) is 7.49. The van der Waals surface area contributed by atoms with Crippen molar-refractivity contribution in [1.82, 2.24) is 24.5 Å². The second-order valence-electron chi connectivity index (χ2n) is 7.49. The topological polar surface area (TPSA) is 127 Å². The molecule has 0 saturated carbocycles. The van der Waals surface area contributed by atoms with Gasteiger partial charge in [-0.3, -0.25) is 0 Å². The number of hydrogen-bond acceptors (Lipinski definition) is 9. The van der Waals surface area contributed by atoms with Gasteiger partial charge in [0.2, 0.25) is 5.95 Å². The maximum atomic E-state index is 14.2. The van der Waals surface area contributed by atoms with Gasteiger partial charge in [0.25, 0.3) is 0 Å². The van der Waals surface area contributed by atoms with Gasteiger partial charge in [-0.1, -0.05) is 0 Å². The first-order chi connectivity index (χ1) is 15.7. The smallest absolute Gasteiger partial charge is 0.388 e. The van der Waals surface area contributed by atoms with E-state index in [1.807, 2.05) is 0 Å². The zero-order chi connectivity index (χ0) is 23.8. The number of methoxy groups -OCH3 is 1. The Kier molecular flexibility index (Phi) is 6.32. The molecule has 3 atom stereocenters. The number of nitrogens with two attached hydrogens (primary N) is 1. The fraction of sp³-hybridized carbons (Fsp3) is 0.474. The summed E-state index contributed by atoms with van der Waals surface area (Å²) in [7, 11) is 1.47. The number of aliphatic hydroxyl groups excluding tert-OH is 1. The van der Waals surface area contributed by atoms with Crippen LogP contribution in [0, 0.1) is 0 Å². The number of nitrogens with zero attached hydrogens (tertiary/aromatic N) is 6. The van der Waals surface area contributed by atoms with Crippen molar-refractivity contribution in [1.29, 1.82) is 0 Å². The summed E-state index contributed by atoms with van der Waals surface area (Å²) in [4.78, 5) is 18.4. The lowest BCUT2D eigenvalue weighted by Gasteiger charge is -2.33. The molecule has 14 heteroatoms. The Hall–Kier alpha value is -3.10. The predicted molar refractivity (Wildman–Crippen MR) is 111 cm³/mol. The summed E-state index contributed by atoms with van der Waals surface area (Å²) in [5.41, 5.74) is 5.56. The largest absolute Gasteiger partial charge is 0.422 e. The molecule has 0 aliphatic carbocycles. The van der Waals surface area contributed by atoms with Crippen molar-refractivity contribution in [3.8, 4) is 0 Å². The highest BCUT2D eigenvalue weighted by Crippen LogP contribution is 2.31. The van der Waals surface area contributed by atoms with Gasteiger partial charge in [-0.05, 0) is 12.5 Å². The number of ether oxygens (including phenoxy) is 1. The number of halogens is 4. The lowest BCUT2D eigenvalue weighted by molar-refractivity contribution is -0.166. The molecule has 4 heterocycles. The van der Waals surface area contributed by atoms with E-state index in [1.54, 1.807) is 11.0 Å². The molecule has 4 N–H and O–H groups in total. The van der Waals surface area contributed by atoms with E-state index in [1.165, 1.54) is 25.6 Å². The van der Waals surface area contributed by atoms with Crippen LogP contribution in [0.4, 0.5) is 35.1 Å². The van der Waals surface area contributed by atoms with Crippen LogP contribution in [0.25, 0.3) is 11.0 Å². The average Bonchev–Trinajstić information content (AvgIpc) is 3.15. The molecule has 0 amide bonds. The van der Waals surface area contributed by atoms with Crippen LogP contribution < -0.4 is 16.0 Å². The van der Waals surface area contributed by atoms with Crippen LogP contribution in [0.5, 0.6) is 0 Å². The van der Waals surface area contributed by atoms with Crippen LogP contribution >= 0.6 is 0 Å². The first-order valence-electron chi connectivity index (χ1n) is 10.0. The number of alkyl halides is 4. The summed E-state index contributed by atoms with van der Waals surface area (Å²) >= 11 is 0. The van der Waals surface area contributed by atoms with Crippen molar-refractivity contribution in [3.63, 3.8) is 0 Å². The molecule has 4 rings (SSSR count). The molecule has 1 aliphatic heterocycles. The Morgan fingerprint density at radius 3 is 2.76 bits per heavy atom. The number of anilines is 3. The fourth-order valence-electron chi connectivity index (χ4n) is 3.72. The maximum absolute atomic E-state index is 14.2. The zero-order valence-electron chi connectivity index (χ0n) is 17.5. The lowest BCUT2D eigenvalue weighted by atomic mass is 10.1. The number of hydrogen-bond donors (Lipinski definition) is 3. The number of pyridine rings is 1. The van der Waals surface area contributed by atoms with Gasteiger partial charge < -0.3 is 30.4 Å². The molecule has 178 valence electrons. The average molecular weight is 470 g/mol. The summed E-state index contributed by atoms with van der Waals surface area (Å²) in [6.45, 7) is -0.151. The molecule has 33 heavy (non-hydrogen) atoms. The molecule has 0 aromatic carbocycles. The van der Waals surface area contributed by atoms with Crippen molar-refractivity contribution in [2.45, 2.75) is 37.6 Å². The van der Waals surface area contributed by atoms with Gasteiger partial charge in [-0.2, -0.15) is 18.2 Å². The van der Waals surface area contributed by atoms with E-state index in [0.29, 0.717) is 24.7 Å². The van der Waals surface area contributed by atoms with Crippen molar-refractivity contribution < 1.29 is 27.4 Å². The van der Waals surface area contributed by atoms with E-state index >= 15 is 0 Å². The monoisotopic (exact) mass is 470 g/mol. The van der Waals surface area contributed by atoms with Crippen molar-refractivity contribution in [3.05, 3.63) is 30.4 Å². The van der Waals surface area contributed by atoms with Gasteiger partial charge in [0.05, 0.1) is 24.4 Å². The first kappa shape index (κ1) is 23.1. The molecule has 0 spiro atoms. The molecular formula is C19H22F4N8O2. The molecule has 3 aromatic heterocycles. The summed E-state index contributed by atoms with van der Waals surface area (Å²) in [5, 5.41) is 12.4. The minimum Gasteiger partial charge on any atom is -0.388 e. The number of nitrogens with one attached hydrogen (secondary N) is 1. The Bertz CT molecular complexity index is 1120. The summed E-state index contributed by atoms with van der Waals surface area (Å²) < 4.78 is 59.8. The Labute approximate surface area is 185 Å². The Balaban J connectivity index is 1.60. The van der Waals surface area contributed by atoms with Gasteiger partial charge in [0.15, 0.2) is 6.17 Å². The van der Waals surface area contributed by atoms with Crippen molar-refractivity contribution >= 4 is 28.6 Å². The molecule has 10 nitrogen and oxygen atoms in total. The molecule has 1 aliphatic rings. The number of imidazole rings is 1. The van der Waals surface area contributed by atoms with E-state index < -0.39 is 31.2 Å². The minimum absolute atomic E-state index is 0.0394. The molecule has 3 aromatic rings. The molecule has 3 unspecified atom stereocenters. The zero-order valence-corrected chi connectivity index (χ0v) is 17.5. The van der Waals surface area contributed by atoms with E-state index in [-0.39, 0.29) is 29.2 Å². The summed E-state index contributed by atoms with van der Waals surface area (Å²) in [6.07, 6.45) is -5.58. The third-order valence-corrected chi connectivity index (χ3v) is 5.37. The SMILES string of the molecule is COC1CCN(c2nccc(Nc3cc4c(cn3)nc(CO)n4C(N)C(F)(F)F)n2)CC1F. The maximum Gasteiger partial charge on any atom is 0.422 e.